The standard InChI is InChI=1S/C22H27Cl2N3O4S/c1-4-18(22(29)25-2)26(14-13-16-9-6-5-7-10-16)20(28)15-27(32(3,30)31)19-12-8-11-17(23)21(19)24/h5-12,18H,4,13-15H2,1-3H3,(H,25,29). The summed E-state index contributed by atoms with van der Waals surface area (Å²) in [5, 5.41) is 2.78. The van der Waals surface area contributed by atoms with Crippen molar-refractivity contribution >= 4 is 50.7 Å². The number of amides is 2. The molecule has 1 N–H and O–H groups in total. The molecule has 0 heterocycles. The van der Waals surface area contributed by atoms with Crippen LogP contribution in [0.5, 0.6) is 0 Å². The molecule has 2 aromatic carbocycles. The first kappa shape index (κ1) is 26.0. The normalized spacial score (nSPS) is 12.2. The van der Waals surface area contributed by atoms with Gasteiger partial charge in [-0.25, -0.2) is 8.42 Å². The van der Waals surface area contributed by atoms with Crippen molar-refractivity contribution in [2.24, 2.45) is 0 Å². The molecule has 174 valence electrons. The van der Waals surface area contributed by atoms with E-state index < -0.39 is 28.5 Å². The summed E-state index contributed by atoms with van der Waals surface area (Å²) in [6, 6.07) is 13.4. The van der Waals surface area contributed by atoms with Crippen LogP contribution in [0.1, 0.15) is 18.9 Å². The largest absolute Gasteiger partial charge is 0.357 e. The highest BCUT2D eigenvalue weighted by molar-refractivity contribution is 7.92. The molecule has 0 aliphatic rings. The van der Waals surface area contributed by atoms with Crippen LogP contribution in [0.3, 0.4) is 0 Å². The molecule has 0 aliphatic heterocycles. The van der Waals surface area contributed by atoms with Crippen molar-refractivity contribution in [3.05, 3.63) is 64.1 Å². The minimum atomic E-state index is -3.87. The lowest BCUT2D eigenvalue weighted by atomic mass is 10.1. The first-order chi connectivity index (χ1) is 15.1. The second kappa shape index (κ2) is 11.5. The zero-order valence-electron chi connectivity index (χ0n) is 18.2. The van der Waals surface area contributed by atoms with E-state index in [0.717, 1.165) is 16.1 Å². The molecular formula is C22H27Cl2N3O4S. The summed E-state index contributed by atoms with van der Waals surface area (Å²) in [4.78, 5) is 27.3. The molecule has 2 rings (SSSR count). The van der Waals surface area contributed by atoms with Gasteiger partial charge in [0.15, 0.2) is 0 Å². The molecule has 0 bridgehead atoms. The maximum Gasteiger partial charge on any atom is 0.244 e. The van der Waals surface area contributed by atoms with Gasteiger partial charge in [0.05, 0.1) is 22.0 Å². The van der Waals surface area contributed by atoms with E-state index in [4.69, 9.17) is 23.2 Å². The second-order valence-corrected chi connectivity index (χ2v) is 9.90. The lowest BCUT2D eigenvalue weighted by Crippen LogP contribution is -2.52. The van der Waals surface area contributed by atoms with Crippen molar-refractivity contribution in [3.8, 4) is 0 Å². The number of nitrogens with one attached hydrogen (secondary N) is 1. The fourth-order valence-electron chi connectivity index (χ4n) is 3.34. The number of hydrogen-bond donors (Lipinski definition) is 1. The first-order valence-corrected chi connectivity index (χ1v) is 12.7. The van der Waals surface area contributed by atoms with Gasteiger partial charge in [-0.1, -0.05) is 66.5 Å². The summed E-state index contributed by atoms with van der Waals surface area (Å²) in [6.45, 7) is 1.53. The monoisotopic (exact) mass is 499 g/mol. The average molecular weight is 500 g/mol. The van der Waals surface area contributed by atoms with E-state index in [2.05, 4.69) is 5.32 Å². The Morgan fingerprint density at radius 1 is 1.06 bits per heavy atom. The number of carbonyl (C=O) groups excluding carboxylic acids is 2. The van der Waals surface area contributed by atoms with E-state index in [1.807, 2.05) is 30.3 Å². The summed E-state index contributed by atoms with van der Waals surface area (Å²) in [5.41, 5.74) is 1.10. The number of rotatable bonds is 10. The Morgan fingerprint density at radius 3 is 2.28 bits per heavy atom. The topological polar surface area (TPSA) is 86.8 Å². The molecule has 1 unspecified atom stereocenters. The molecule has 32 heavy (non-hydrogen) atoms. The van der Waals surface area contributed by atoms with Gasteiger partial charge in [0, 0.05) is 13.6 Å². The molecular weight excluding hydrogens is 473 g/mol. The summed E-state index contributed by atoms with van der Waals surface area (Å²) in [5.74, 6) is -0.835. The van der Waals surface area contributed by atoms with E-state index in [1.54, 1.807) is 13.0 Å². The predicted octanol–water partition coefficient (Wildman–Crippen LogP) is 3.36. The van der Waals surface area contributed by atoms with Crippen molar-refractivity contribution in [2.75, 3.05) is 30.7 Å². The zero-order valence-corrected chi connectivity index (χ0v) is 20.5. The third kappa shape index (κ3) is 6.60. The Balaban J connectivity index is 2.38. The number of carbonyl (C=O) groups is 2. The molecule has 0 aliphatic carbocycles. The lowest BCUT2D eigenvalue weighted by molar-refractivity contribution is -0.139. The zero-order chi connectivity index (χ0) is 23.9. The van der Waals surface area contributed by atoms with Gasteiger partial charge in [-0.15, -0.1) is 0 Å². The maximum atomic E-state index is 13.4. The Kier molecular flexibility index (Phi) is 9.36. The number of hydrogen-bond acceptors (Lipinski definition) is 4. The first-order valence-electron chi connectivity index (χ1n) is 10.1. The third-order valence-electron chi connectivity index (χ3n) is 5.00. The highest BCUT2D eigenvalue weighted by Crippen LogP contribution is 2.33. The van der Waals surface area contributed by atoms with Crippen LogP contribution in [-0.2, 0) is 26.0 Å². The molecule has 0 fully saturated rings. The molecule has 2 aromatic rings. The minimum Gasteiger partial charge on any atom is -0.357 e. The van der Waals surface area contributed by atoms with Crippen LogP contribution in [0.15, 0.2) is 48.5 Å². The highest BCUT2D eigenvalue weighted by atomic mass is 35.5. The summed E-state index contributed by atoms with van der Waals surface area (Å²) >= 11 is 12.3. The number of halogens is 2. The molecule has 10 heteroatoms. The van der Waals surface area contributed by atoms with Gasteiger partial charge in [0.1, 0.15) is 12.6 Å². The third-order valence-corrected chi connectivity index (χ3v) is 6.93. The fraction of sp³-hybridized carbons (Fsp3) is 0.364. The summed E-state index contributed by atoms with van der Waals surface area (Å²) in [7, 11) is -2.37. The number of sulfonamides is 1. The highest BCUT2D eigenvalue weighted by Gasteiger charge is 2.31. The van der Waals surface area contributed by atoms with Gasteiger partial charge in [-0.2, -0.15) is 0 Å². The van der Waals surface area contributed by atoms with Crippen molar-refractivity contribution in [2.45, 2.75) is 25.8 Å². The molecule has 1 atom stereocenters. The van der Waals surface area contributed by atoms with Gasteiger partial charge in [0.25, 0.3) is 0 Å². The van der Waals surface area contributed by atoms with E-state index in [9.17, 15) is 18.0 Å². The SMILES string of the molecule is CCC(C(=O)NC)N(CCc1ccccc1)C(=O)CN(c1cccc(Cl)c1Cl)S(C)(=O)=O. The Morgan fingerprint density at radius 2 is 1.72 bits per heavy atom. The van der Waals surface area contributed by atoms with Crippen molar-refractivity contribution in [1.29, 1.82) is 0 Å². The van der Waals surface area contributed by atoms with Crippen LogP contribution in [0.2, 0.25) is 10.0 Å². The van der Waals surface area contributed by atoms with Gasteiger partial charge in [-0.3, -0.25) is 13.9 Å². The second-order valence-electron chi connectivity index (χ2n) is 7.20. The Bertz CT molecular complexity index is 1050. The van der Waals surface area contributed by atoms with Crippen LogP contribution in [0, 0.1) is 0 Å². The predicted molar refractivity (Wildman–Crippen MR) is 129 cm³/mol. The quantitative estimate of drug-likeness (QED) is 0.542. The number of nitrogens with zero attached hydrogens (tertiary/aromatic N) is 2. The average Bonchev–Trinajstić information content (AvgIpc) is 2.76. The van der Waals surface area contributed by atoms with Crippen molar-refractivity contribution < 1.29 is 18.0 Å². The molecule has 0 saturated carbocycles. The van der Waals surface area contributed by atoms with Crippen LogP contribution in [0.25, 0.3) is 0 Å². The fourth-order valence-corrected chi connectivity index (χ4v) is 4.64. The van der Waals surface area contributed by atoms with E-state index >= 15 is 0 Å². The van der Waals surface area contributed by atoms with Crippen LogP contribution in [-0.4, -0.2) is 57.6 Å². The maximum absolute atomic E-state index is 13.4. The van der Waals surface area contributed by atoms with Gasteiger partial charge < -0.3 is 10.2 Å². The van der Waals surface area contributed by atoms with Crippen LogP contribution >= 0.6 is 23.2 Å². The Hall–Kier alpha value is -2.29. The Labute approximate surface area is 199 Å². The van der Waals surface area contributed by atoms with Crippen LogP contribution < -0.4 is 9.62 Å². The van der Waals surface area contributed by atoms with Crippen molar-refractivity contribution in [3.63, 3.8) is 0 Å². The van der Waals surface area contributed by atoms with E-state index in [1.165, 1.54) is 24.1 Å². The molecule has 7 nitrogen and oxygen atoms in total. The summed E-state index contributed by atoms with van der Waals surface area (Å²) < 4.78 is 26.0. The number of anilines is 1. The molecule has 0 radical (unpaired) electrons. The minimum absolute atomic E-state index is 0.0292. The van der Waals surface area contributed by atoms with E-state index in [-0.39, 0.29) is 28.2 Å². The summed E-state index contributed by atoms with van der Waals surface area (Å²) in [6.07, 6.45) is 1.87. The smallest absolute Gasteiger partial charge is 0.244 e. The van der Waals surface area contributed by atoms with Crippen molar-refractivity contribution in [1.82, 2.24) is 10.2 Å². The number of likely N-dealkylation sites (N-methyl/N-ethyl adjacent to an activating group) is 1. The van der Waals surface area contributed by atoms with Crippen LogP contribution in [0.4, 0.5) is 5.69 Å². The molecule has 2 amide bonds. The molecule has 0 aromatic heterocycles. The van der Waals surface area contributed by atoms with Gasteiger partial charge in [-0.05, 0) is 30.5 Å². The van der Waals surface area contributed by atoms with Gasteiger partial charge in [0.2, 0.25) is 21.8 Å². The van der Waals surface area contributed by atoms with Gasteiger partial charge >= 0.3 is 0 Å². The molecule has 0 spiro atoms. The van der Waals surface area contributed by atoms with E-state index in [0.29, 0.717) is 12.8 Å². The lowest BCUT2D eigenvalue weighted by Gasteiger charge is -2.32. The number of benzene rings is 2. The molecule has 0 saturated heterocycles.